The summed E-state index contributed by atoms with van der Waals surface area (Å²) in [5.74, 6) is -6.17. The van der Waals surface area contributed by atoms with Crippen LogP contribution >= 0.6 is 0 Å². The van der Waals surface area contributed by atoms with Crippen LogP contribution < -0.4 is 0 Å². The van der Waals surface area contributed by atoms with Crippen LogP contribution in [0.1, 0.15) is 20.3 Å². The summed E-state index contributed by atoms with van der Waals surface area (Å²) in [5, 5.41) is 19.1. The Morgan fingerprint density at radius 2 is 1.57 bits per heavy atom. The van der Waals surface area contributed by atoms with Crippen LogP contribution in [-0.2, 0) is 19.1 Å². The Balaban J connectivity index is 5.29. The van der Waals surface area contributed by atoms with Crippen molar-refractivity contribution >= 4 is 11.9 Å². The highest BCUT2D eigenvalue weighted by Crippen LogP contribution is 2.32. The maximum absolute atomic E-state index is 12.4. The second-order valence-electron chi connectivity index (χ2n) is 4.34. The lowest BCUT2D eigenvalue weighted by Gasteiger charge is -2.32. The average Bonchev–Trinajstić information content (AvgIpc) is 2.25. The van der Waals surface area contributed by atoms with Crippen molar-refractivity contribution < 1.29 is 42.4 Å². The molecule has 0 bridgehead atoms. The van der Waals surface area contributed by atoms with Crippen molar-refractivity contribution in [3.8, 4) is 0 Å². The van der Waals surface area contributed by atoms with E-state index in [0.29, 0.717) is 0 Å². The molecule has 6 nitrogen and oxygen atoms in total. The first-order valence-electron chi connectivity index (χ1n) is 5.51. The SMILES string of the molecule is C=C(C)C(=O)OC(O)C(O)(CC(F)(F)F)OC(=O)C(=C)C. The highest BCUT2D eigenvalue weighted by atomic mass is 19.4. The van der Waals surface area contributed by atoms with Crippen LogP contribution in [0.15, 0.2) is 24.3 Å². The molecule has 0 aliphatic carbocycles. The van der Waals surface area contributed by atoms with E-state index in [1.54, 1.807) is 0 Å². The zero-order valence-electron chi connectivity index (χ0n) is 11.4. The van der Waals surface area contributed by atoms with E-state index in [9.17, 15) is 33.0 Å². The molecule has 0 aromatic carbocycles. The minimum absolute atomic E-state index is 0.241. The van der Waals surface area contributed by atoms with Gasteiger partial charge in [0.25, 0.3) is 12.1 Å². The highest BCUT2D eigenvalue weighted by molar-refractivity contribution is 5.88. The molecule has 0 spiro atoms. The molecule has 0 saturated carbocycles. The molecule has 0 aromatic rings. The summed E-state index contributed by atoms with van der Waals surface area (Å²) in [6.45, 7) is 8.53. The van der Waals surface area contributed by atoms with E-state index in [-0.39, 0.29) is 11.1 Å². The minimum atomic E-state index is -5.01. The van der Waals surface area contributed by atoms with Gasteiger partial charge in [-0.2, -0.15) is 13.2 Å². The van der Waals surface area contributed by atoms with Crippen molar-refractivity contribution in [2.45, 2.75) is 38.5 Å². The summed E-state index contributed by atoms with van der Waals surface area (Å²) in [5.41, 5.74) is -0.566. The van der Waals surface area contributed by atoms with Crippen LogP contribution in [0.5, 0.6) is 0 Å². The number of hydrogen-bond acceptors (Lipinski definition) is 6. The van der Waals surface area contributed by atoms with Gasteiger partial charge in [0.15, 0.2) is 0 Å². The number of rotatable bonds is 6. The van der Waals surface area contributed by atoms with Gasteiger partial charge in [-0.05, 0) is 13.8 Å². The number of alkyl halides is 3. The van der Waals surface area contributed by atoms with Gasteiger partial charge in [0.05, 0.1) is 0 Å². The summed E-state index contributed by atoms with van der Waals surface area (Å²) < 4.78 is 45.6. The Hall–Kier alpha value is -1.87. The number of carbonyl (C=O) groups is 2. The summed E-state index contributed by atoms with van der Waals surface area (Å²) in [6.07, 6.45) is -9.92. The van der Waals surface area contributed by atoms with Gasteiger partial charge in [-0.25, -0.2) is 9.59 Å². The number of esters is 2. The molecule has 0 amide bonds. The standard InChI is InChI=1S/C12H15F3O6/c1-6(2)8(16)20-10(18)11(19,5-12(13,14)15)21-9(17)7(3)4/h10,18-19H,1,3,5H2,2,4H3. The second kappa shape index (κ2) is 6.72. The van der Waals surface area contributed by atoms with Crippen LogP contribution in [0.3, 0.4) is 0 Å². The molecule has 2 atom stereocenters. The van der Waals surface area contributed by atoms with E-state index >= 15 is 0 Å². The topological polar surface area (TPSA) is 93.1 Å². The fourth-order valence-electron chi connectivity index (χ4n) is 1.00. The molecule has 2 unspecified atom stereocenters. The second-order valence-corrected chi connectivity index (χ2v) is 4.34. The van der Waals surface area contributed by atoms with Gasteiger partial charge in [-0.3, -0.25) is 0 Å². The van der Waals surface area contributed by atoms with E-state index in [2.05, 4.69) is 22.6 Å². The molecule has 0 aliphatic rings. The minimum Gasteiger partial charge on any atom is -0.425 e. The maximum atomic E-state index is 12.4. The molecule has 0 rings (SSSR count). The molecule has 0 aromatic heterocycles. The number of hydrogen-bond donors (Lipinski definition) is 2. The third kappa shape index (κ3) is 6.41. The first kappa shape index (κ1) is 19.1. The lowest BCUT2D eigenvalue weighted by atomic mass is 10.1. The molecule has 9 heteroatoms. The van der Waals surface area contributed by atoms with Crippen LogP contribution in [0.2, 0.25) is 0 Å². The number of halogens is 3. The Bertz CT molecular complexity index is 456. The van der Waals surface area contributed by atoms with Gasteiger partial charge in [-0.15, -0.1) is 0 Å². The third-order valence-electron chi connectivity index (χ3n) is 2.02. The highest BCUT2D eigenvalue weighted by Gasteiger charge is 2.51. The van der Waals surface area contributed by atoms with Crippen molar-refractivity contribution in [3.63, 3.8) is 0 Å². The Labute approximate surface area is 118 Å². The third-order valence-corrected chi connectivity index (χ3v) is 2.02. The van der Waals surface area contributed by atoms with Crippen LogP contribution in [0, 0.1) is 0 Å². The molecule has 2 N–H and O–H groups in total. The van der Waals surface area contributed by atoms with Gasteiger partial charge >= 0.3 is 18.1 Å². The van der Waals surface area contributed by atoms with Crippen molar-refractivity contribution in [2.75, 3.05) is 0 Å². The fraction of sp³-hybridized carbons (Fsp3) is 0.500. The Morgan fingerprint density at radius 3 is 1.90 bits per heavy atom. The van der Waals surface area contributed by atoms with Crippen molar-refractivity contribution in [1.82, 2.24) is 0 Å². The lowest BCUT2D eigenvalue weighted by molar-refractivity contribution is -0.330. The lowest BCUT2D eigenvalue weighted by Crippen LogP contribution is -2.51. The number of aliphatic hydroxyl groups is 2. The summed E-state index contributed by atoms with van der Waals surface area (Å²) in [6, 6.07) is 0. The first-order chi connectivity index (χ1) is 9.28. The van der Waals surface area contributed by atoms with Gasteiger partial charge < -0.3 is 19.7 Å². The Morgan fingerprint density at radius 1 is 1.14 bits per heavy atom. The monoisotopic (exact) mass is 312 g/mol. The van der Waals surface area contributed by atoms with Crippen molar-refractivity contribution in [1.29, 1.82) is 0 Å². The predicted octanol–water partition coefficient (Wildman–Crippen LogP) is 1.18. The van der Waals surface area contributed by atoms with Gasteiger partial charge in [0.2, 0.25) is 0 Å². The van der Waals surface area contributed by atoms with E-state index in [1.165, 1.54) is 0 Å². The van der Waals surface area contributed by atoms with Crippen molar-refractivity contribution in [2.24, 2.45) is 0 Å². The quantitative estimate of drug-likeness (QED) is 0.435. The van der Waals surface area contributed by atoms with E-state index in [0.717, 1.165) is 13.8 Å². The zero-order chi connectivity index (χ0) is 17.0. The van der Waals surface area contributed by atoms with Crippen LogP contribution in [-0.4, -0.2) is 40.4 Å². The molecule has 21 heavy (non-hydrogen) atoms. The fourth-order valence-corrected chi connectivity index (χ4v) is 1.00. The largest absolute Gasteiger partial charge is 0.425 e. The molecule has 0 fully saturated rings. The van der Waals surface area contributed by atoms with Gasteiger partial charge in [0, 0.05) is 11.1 Å². The average molecular weight is 312 g/mol. The first-order valence-corrected chi connectivity index (χ1v) is 5.51. The number of aliphatic hydroxyl groups excluding tert-OH is 1. The molecule has 0 heterocycles. The van der Waals surface area contributed by atoms with Gasteiger partial charge in [0.1, 0.15) is 6.42 Å². The molecular formula is C12H15F3O6. The number of ether oxygens (including phenoxy) is 2. The normalized spacial score (nSPS) is 15.6. The molecule has 0 aliphatic heterocycles. The molecule has 0 saturated heterocycles. The predicted molar refractivity (Wildman–Crippen MR) is 63.4 cm³/mol. The van der Waals surface area contributed by atoms with Crippen LogP contribution in [0.4, 0.5) is 13.2 Å². The smallest absolute Gasteiger partial charge is 0.395 e. The molecule has 0 radical (unpaired) electrons. The molecule has 120 valence electrons. The molecular weight excluding hydrogens is 297 g/mol. The number of carbonyl (C=O) groups excluding carboxylic acids is 2. The van der Waals surface area contributed by atoms with E-state index in [4.69, 9.17) is 0 Å². The maximum Gasteiger partial charge on any atom is 0.395 e. The van der Waals surface area contributed by atoms with E-state index < -0.39 is 36.6 Å². The van der Waals surface area contributed by atoms with Crippen molar-refractivity contribution in [3.05, 3.63) is 24.3 Å². The van der Waals surface area contributed by atoms with Gasteiger partial charge in [-0.1, -0.05) is 13.2 Å². The Kier molecular flexibility index (Phi) is 6.12. The van der Waals surface area contributed by atoms with E-state index in [1.807, 2.05) is 0 Å². The summed E-state index contributed by atoms with van der Waals surface area (Å²) in [4.78, 5) is 22.4. The zero-order valence-corrected chi connectivity index (χ0v) is 11.4. The summed E-state index contributed by atoms with van der Waals surface area (Å²) >= 11 is 0. The van der Waals surface area contributed by atoms with Crippen LogP contribution in [0.25, 0.3) is 0 Å². The summed E-state index contributed by atoms with van der Waals surface area (Å²) in [7, 11) is 0.